The highest BCUT2D eigenvalue weighted by molar-refractivity contribution is 9.09. The lowest BCUT2D eigenvalue weighted by Crippen LogP contribution is -1.85. The Morgan fingerprint density at radius 2 is 1.67 bits per heavy atom. The van der Waals surface area contributed by atoms with Crippen molar-refractivity contribution in [1.82, 2.24) is 0 Å². The second kappa shape index (κ2) is 5.11. The Morgan fingerprint density at radius 1 is 1.08 bits per heavy atom. The molecule has 0 aromatic heterocycles. The number of alkyl halides is 1. The zero-order valence-electron chi connectivity index (χ0n) is 6.49. The SMILES string of the molecule is Clc1cc(Cl)cc(CCCBr)c1. The van der Waals surface area contributed by atoms with Gasteiger partial charge in [0.05, 0.1) is 0 Å². The normalized spacial score (nSPS) is 10.2. The van der Waals surface area contributed by atoms with Crippen LogP contribution in [0.15, 0.2) is 18.2 Å². The molecule has 3 heteroatoms. The summed E-state index contributed by atoms with van der Waals surface area (Å²) in [5.74, 6) is 0. The van der Waals surface area contributed by atoms with Crippen LogP contribution in [0.25, 0.3) is 0 Å². The number of benzene rings is 1. The van der Waals surface area contributed by atoms with Gasteiger partial charge in [-0.15, -0.1) is 0 Å². The van der Waals surface area contributed by atoms with Crippen LogP contribution in [0.5, 0.6) is 0 Å². The largest absolute Gasteiger partial charge is 0.0928 e. The molecule has 0 spiro atoms. The summed E-state index contributed by atoms with van der Waals surface area (Å²) in [4.78, 5) is 0. The molecule has 0 fully saturated rings. The molecule has 66 valence electrons. The fraction of sp³-hybridized carbons (Fsp3) is 0.333. The van der Waals surface area contributed by atoms with Crippen LogP contribution in [0.3, 0.4) is 0 Å². The smallest absolute Gasteiger partial charge is 0.0423 e. The van der Waals surface area contributed by atoms with Crippen LogP contribution in [0.2, 0.25) is 10.0 Å². The fourth-order valence-corrected chi connectivity index (χ4v) is 1.88. The average Bonchev–Trinajstić information content (AvgIpc) is 1.99. The Balaban J connectivity index is 2.72. The molecule has 0 saturated carbocycles. The second-order valence-corrected chi connectivity index (χ2v) is 4.24. The number of hydrogen-bond donors (Lipinski definition) is 0. The van der Waals surface area contributed by atoms with E-state index in [-0.39, 0.29) is 0 Å². The van der Waals surface area contributed by atoms with Gasteiger partial charge in [-0.1, -0.05) is 39.1 Å². The summed E-state index contributed by atoms with van der Waals surface area (Å²) in [6.07, 6.45) is 2.13. The number of halogens is 3. The Hall–Kier alpha value is 0.280. The first-order valence-electron chi connectivity index (χ1n) is 3.73. The zero-order valence-corrected chi connectivity index (χ0v) is 9.59. The van der Waals surface area contributed by atoms with E-state index >= 15 is 0 Å². The molecule has 0 nitrogen and oxygen atoms in total. The maximum absolute atomic E-state index is 5.83. The van der Waals surface area contributed by atoms with Crippen LogP contribution in [0.4, 0.5) is 0 Å². The molecule has 0 radical (unpaired) electrons. The van der Waals surface area contributed by atoms with Crippen molar-refractivity contribution in [2.24, 2.45) is 0 Å². The lowest BCUT2D eigenvalue weighted by Gasteiger charge is -2.00. The van der Waals surface area contributed by atoms with Crippen molar-refractivity contribution < 1.29 is 0 Å². The van der Waals surface area contributed by atoms with Gasteiger partial charge in [0.25, 0.3) is 0 Å². The molecule has 0 amide bonds. The fourth-order valence-electron chi connectivity index (χ4n) is 1.03. The third-order valence-corrected chi connectivity index (χ3v) is 2.52. The summed E-state index contributed by atoms with van der Waals surface area (Å²) in [5, 5.41) is 2.44. The Labute approximate surface area is 91.0 Å². The van der Waals surface area contributed by atoms with E-state index < -0.39 is 0 Å². The lowest BCUT2D eigenvalue weighted by molar-refractivity contribution is 0.940. The summed E-state index contributed by atoms with van der Waals surface area (Å²) in [6.45, 7) is 0. The zero-order chi connectivity index (χ0) is 8.97. The second-order valence-electron chi connectivity index (χ2n) is 2.57. The van der Waals surface area contributed by atoms with Gasteiger partial charge in [-0.2, -0.15) is 0 Å². The van der Waals surface area contributed by atoms with E-state index in [0.29, 0.717) is 10.0 Å². The van der Waals surface area contributed by atoms with E-state index in [0.717, 1.165) is 18.2 Å². The molecule has 0 aliphatic heterocycles. The summed E-state index contributed by atoms with van der Waals surface area (Å²) >= 11 is 15.0. The van der Waals surface area contributed by atoms with Crippen LogP contribution in [-0.4, -0.2) is 5.33 Å². The topological polar surface area (TPSA) is 0 Å². The van der Waals surface area contributed by atoms with Crippen molar-refractivity contribution in [2.75, 3.05) is 5.33 Å². The molecule has 0 bridgehead atoms. The standard InChI is InChI=1S/C9H9BrCl2/c10-3-1-2-7-4-8(11)6-9(12)5-7/h4-6H,1-3H2. The summed E-state index contributed by atoms with van der Waals surface area (Å²) < 4.78 is 0. The molecule has 0 saturated heterocycles. The van der Waals surface area contributed by atoms with Crippen molar-refractivity contribution in [1.29, 1.82) is 0 Å². The van der Waals surface area contributed by atoms with E-state index in [9.17, 15) is 0 Å². The third kappa shape index (κ3) is 3.34. The molecule has 1 aromatic carbocycles. The van der Waals surface area contributed by atoms with Crippen molar-refractivity contribution in [2.45, 2.75) is 12.8 Å². The summed E-state index contributed by atoms with van der Waals surface area (Å²) in [7, 11) is 0. The molecule has 0 atom stereocenters. The highest BCUT2D eigenvalue weighted by Crippen LogP contribution is 2.19. The van der Waals surface area contributed by atoms with Gasteiger partial charge in [-0.3, -0.25) is 0 Å². The maximum Gasteiger partial charge on any atom is 0.0423 e. The molecular formula is C9H9BrCl2. The predicted octanol–water partition coefficient (Wildman–Crippen LogP) is 4.32. The summed E-state index contributed by atoms with van der Waals surface area (Å²) in [6, 6.07) is 5.66. The van der Waals surface area contributed by atoms with Gasteiger partial charge in [0.15, 0.2) is 0 Å². The highest BCUT2D eigenvalue weighted by Gasteiger charge is 1.97. The highest BCUT2D eigenvalue weighted by atomic mass is 79.9. The number of aryl methyl sites for hydroxylation is 1. The van der Waals surface area contributed by atoms with Gasteiger partial charge in [0, 0.05) is 15.4 Å². The van der Waals surface area contributed by atoms with E-state index in [1.165, 1.54) is 5.56 Å². The van der Waals surface area contributed by atoms with Gasteiger partial charge < -0.3 is 0 Å². The summed E-state index contributed by atoms with van der Waals surface area (Å²) in [5.41, 5.74) is 1.20. The average molecular weight is 268 g/mol. The van der Waals surface area contributed by atoms with Crippen LogP contribution in [0.1, 0.15) is 12.0 Å². The molecule has 0 aliphatic carbocycles. The molecule has 0 N–H and O–H groups in total. The Kier molecular flexibility index (Phi) is 4.41. The first-order valence-corrected chi connectivity index (χ1v) is 5.61. The van der Waals surface area contributed by atoms with E-state index in [2.05, 4.69) is 15.9 Å². The minimum atomic E-state index is 0.715. The first-order chi connectivity index (χ1) is 5.72. The van der Waals surface area contributed by atoms with Crippen LogP contribution < -0.4 is 0 Å². The Bertz CT molecular complexity index is 240. The lowest BCUT2D eigenvalue weighted by atomic mass is 10.1. The van der Waals surface area contributed by atoms with E-state index in [1.54, 1.807) is 6.07 Å². The van der Waals surface area contributed by atoms with E-state index in [1.807, 2.05) is 12.1 Å². The predicted molar refractivity (Wildman–Crippen MR) is 58.6 cm³/mol. The molecule has 12 heavy (non-hydrogen) atoms. The molecular weight excluding hydrogens is 259 g/mol. The molecule has 1 rings (SSSR count). The third-order valence-electron chi connectivity index (χ3n) is 1.52. The monoisotopic (exact) mass is 266 g/mol. The van der Waals surface area contributed by atoms with Crippen LogP contribution in [-0.2, 0) is 6.42 Å². The van der Waals surface area contributed by atoms with Crippen molar-refractivity contribution in [3.63, 3.8) is 0 Å². The Morgan fingerprint density at radius 3 is 2.17 bits per heavy atom. The first kappa shape index (κ1) is 10.4. The minimum absolute atomic E-state index is 0.715. The van der Waals surface area contributed by atoms with Gasteiger partial charge >= 0.3 is 0 Å². The molecule has 0 aliphatic rings. The maximum atomic E-state index is 5.83. The van der Waals surface area contributed by atoms with Crippen molar-refractivity contribution in [3.05, 3.63) is 33.8 Å². The van der Waals surface area contributed by atoms with Gasteiger partial charge in [0.2, 0.25) is 0 Å². The van der Waals surface area contributed by atoms with E-state index in [4.69, 9.17) is 23.2 Å². The quantitative estimate of drug-likeness (QED) is 0.716. The van der Waals surface area contributed by atoms with Crippen LogP contribution >= 0.6 is 39.1 Å². The van der Waals surface area contributed by atoms with Gasteiger partial charge in [-0.05, 0) is 36.6 Å². The number of hydrogen-bond acceptors (Lipinski definition) is 0. The minimum Gasteiger partial charge on any atom is -0.0928 e. The van der Waals surface area contributed by atoms with Gasteiger partial charge in [-0.25, -0.2) is 0 Å². The van der Waals surface area contributed by atoms with Crippen LogP contribution in [0, 0.1) is 0 Å². The van der Waals surface area contributed by atoms with Gasteiger partial charge in [0.1, 0.15) is 0 Å². The van der Waals surface area contributed by atoms with Crippen molar-refractivity contribution >= 4 is 39.1 Å². The molecule has 0 unspecified atom stereocenters. The molecule has 0 heterocycles. The molecule has 1 aromatic rings. The van der Waals surface area contributed by atoms with Crippen molar-refractivity contribution in [3.8, 4) is 0 Å². The number of rotatable bonds is 3.